The summed E-state index contributed by atoms with van der Waals surface area (Å²) >= 11 is 0. The van der Waals surface area contributed by atoms with Crippen LogP contribution >= 0.6 is 0 Å². The summed E-state index contributed by atoms with van der Waals surface area (Å²) in [6, 6.07) is 6.29. The van der Waals surface area contributed by atoms with Gasteiger partial charge in [-0.15, -0.1) is 0 Å². The van der Waals surface area contributed by atoms with Crippen molar-refractivity contribution >= 4 is 0 Å². The third-order valence-electron chi connectivity index (χ3n) is 4.52. The van der Waals surface area contributed by atoms with Crippen LogP contribution < -0.4 is 5.32 Å². The molecular weight excluding hydrogens is 236 g/mol. The van der Waals surface area contributed by atoms with Gasteiger partial charge in [0.1, 0.15) is 5.76 Å². The van der Waals surface area contributed by atoms with E-state index in [0.717, 1.165) is 30.7 Å². The van der Waals surface area contributed by atoms with E-state index in [4.69, 9.17) is 4.42 Å². The van der Waals surface area contributed by atoms with Gasteiger partial charge in [-0.2, -0.15) is 0 Å². The molecule has 0 amide bonds. The van der Waals surface area contributed by atoms with Gasteiger partial charge in [0.15, 0.2) is 0 Å². The maximum absolute atomic E-state index is 5.39. The summed E-state index contributed by atoms with van der Waals surface area (Å²) in [5.74, 6) is 1.11. The minimum atomic E-state index is 0.586. The Morgan fingerprint density at radius 1 is 1.32 bits per heavy atom. The lowest BCUT2D eigenvalue weighted by molar-refractivity contribution is 0.183. The molecule has 2 heterocycles. The highest BCUT2D eigenvalue weighted by molar-refractivity contribution is 4.98. The minimum absolute atomic E-state index is 0.586. The van der Waals surface area contributed by atoms with E-state index in [1.54, 1.807) is 6.26 Å². The van der Waals surface area contributed by atoms with E-state index < -0.39 is 0 Å². The Balaban J connectivity index is 1.34. The van der Waals surface area contributed by atoms with Gasteiger partial charge in [-0.05, 0) is 64.3 Å². The molecule has 1 aromatic heterocycles. The van der Waals surface area contributed by atoms with Crippen LogP contribution in [0.1, 0.15) is 44.8 Å². The maximum atomic E-state index is 5.39. The van der Waals surface area contributed by atoms with Gasteiger partial charge >= 0.3 is 0 Å². The van der Waals surface area contributed by atoms with E-state index in [2.05, 4.69) is 23.2 Å². The van der Waals surface area contributed by atoms with Gasteiger partial charge in [-0.3, -0.25) is 0 Å². The van der Waals surface area contributed by atoms with Gasteiger partial charge in [0.25, 0.3) is 0 Å². The van der Waals surface area contributed by atoms with Crippen molar-refractivity contribution in [1.29, 1.82) is 0 Å². The van der Waals surface area contributed by atoms with Crippen molar-refractivity contribution in [1.82, 2.24) is 10.2 Å². The number of nitrogens with zero attached hydrogens (tertiary/aromatic N) is 1. The van der Waals surface area contributed by atoms with E-state index in [0.29, 0.717) is 6.04 Å². The molecule has 1 aliphatic heterocycles. The maximum Gasteiger partial charge on any atom is 0.103 e. The number of aryl methyl sites for hydroxylation is 1. The fraction of sp³-hybridized carbons (Fsp3) is 0.750. The first-order valence-electron chi connectivity index (χ1n) is 7.84. The second-order valence-corrected chi connectivity index (χ2v) is 6.23. The average Bonchev–Trinajstić information content (AvgIpc) is 3.14. The van der Waals surface area contributed by atoms with Crippen LogP contribution in [0.3, 0.4) is 0 Å². The molecule has 3 nitrogen and oxygen atoms in total. The number of rotatable bonds is 6. The Kier molecular flexibility index (Phi) is 4.24. The number of hydrogen-bond acceptors (Lipinski definition) is 3. The Bertz CT molecular complexity index is 364. The van der Waals surface area contributed by atoms with Gasteiger partial charge in [-0.1, -0.05) is 0 Å². The molecule has 19 heavy (non-hydrogen) atoms. The van der Waals surface area contributed by atoms with Crippen LogP contribution in [0.25, 0.3) is 0 Å². The molecule has 1 N–H and O–H groups in total. The smallest absolute Gasteiger partial charge is 0.103 e. The molecule has 1 saturated carbocycles. The summed E-state index contributed by atoms with van der Waals surface area (Å²) in [7, 11) is 0. The number of nitrogens with one attached hydrogen (secondary N) is 1. The summed E-state index contributed by atoms with van der Waals surface area (Å²) in [5.41, 5.74) is 0. The summed E-state index contributed by atoms with van der Waals surface area (Å²) < 4.78 is 5.39. The van der Waals surface area contributed by atoms with Crippen LogP contribution in [-0.4, -0.2) is 36.1 Å². The average molecular weight is 262 g/mol. The highest BCUT2D eigenvalue weighted by Crippen LogP contribution is 2.29. The third kappa shape index (κ3) is 3.83. The predicted octanol–water partition coefficient (Wildman–Crippen LogP) is 2.82. The van der Waals surface area contributed by atoms with Crippen LogP contribution in [0.4, 0.5) is 0 Å². The van der Waals surface area contributed by atoms with Gasteiger partial charge in [-0.25, -0.2) is 0 Å². The molecule has 1 aromatic rings. The molecule has 1 saturated heterocycles. The van der Waals surface area contributed by atoms with E-state index >= 15 is 0 Å². The van der Waals surface area contributed by atoms with E-state index in [-0.39, 0.29) is 0 Å². The molecule has 1 atom stereocenters. The third-order valence-corrected chi connectivity index (χ3v) is 4.52. The summed E-state index contributed by atoms with van der Waals surface area (Å²) in [6.07, 6.45) is 9.50. The standard InChI is InChI=1S/C16H26N2O/c1-13(4-7-16-3-2-12-19-16)17-14-8-10-18(11-9-14)15-5-6-15/h2-3,12-15,17H,4-11H2,1H3. The molecule has 2 fully saturated rings. The van der Waals surface area contributed by atoms with Gasteiger partial charge in [0.05, 0.1) is 6.26 Å². The molecule has 106 valence electrons. The molecular formula is C16H26N2O. The van der Waals surface area contributed by atoms with E-state index in [1.165, 1.54) is 38.8 Å². The minimum Gasteiger partial charge on any atom is -0.469 e. The Morgan fingerprint density at radius 3 is 2.74 bits per heavy atom. The lowest BCUT2D eigenvalue weighted by atomic mass is 10.0. The van der Waals surface area contributed by atoms with Crippen LogP contribution in [0, 0.1) is 0 Å². The zero-order valence-corrected chi connectivity index (χ0v) is 12.0. The Hall–Kier alpha value is -0.800. The fourth-order valence-electron chi connectivity index (χ4n) is 3.17. The molecule has 1 unspecified atom stereocenters. The van der Waals surface area contributed by atoms with E-state index in [9.17, 15) is 0 Å². The quantitative estimate of drug-likeness (QED) is 0.854. The van der Waals surface area contributed by atoms with Gasteiger partial charge in [0, 0.05) is 24.5 Å². The van der Waals surface area contributed by atoms with Crippen molar-refractivity contribution in [2.45, 2.75) is 63.6 Å². The second kappa shape index (κ2) is 6.10. The lowest BCUT2D eigenvalue weighted by Crippen LogP contribution is -2.46. The van der Waals surface area contributed by atoms with Crippen molar-refractivity contribution in [3.05, 3.63) is 24.2 Å². The Labute approximate surface area is 116 Å². The SMILES string of the molecule is CC(CCc1ccco1)NC1CCN(C2CC2)CC1. The van der Waals surface area contributed by atoms with Crippen molar-refractivity contribution in [3.8, 4) is 0 Å². The monoisotopic (exact) mass is 262 g/mol. The molecule has 3 heteroatoms. The van der Waals surface area contributed by atoms with Gasteiger partial charge in [0.2, 0.25) is 0 Å². The number of likely N-dealkylation sites (tertiary alicyclic amines) is 1. The lowest BCUT2D eigenvalue weighted by Gasteiger charge is -2.34. The largest absolute Gasteiger partial charge is 0.469 e. The van der Waals surface area contributed by atoms with Crippen LogP contribution in [0.5, 0.6) is 0 Å². The molecule has 0 radical (unpaired) electrons. The van der Waals surface area contributed by atoms with Crippen molar-refractivity contribution < 1.29 is 4.42 Å². The Morgan fingerprint density at radius 2 is 2.11 bits per heavy atom. The topological polar surface area (TPSA) is 28.4 Å². The van der Waals surface area contributed by atoms with Crippen LogP contribution in [-0.2, 0) is 6.42 Å². The van der Waals surface area contributed by atoms with Crippen molar-refractivity contribution in [3.63, 3.8) is 0 Å². The summed E-state index contributed by atoms with van der Waals surface area (Å²) in [6.45, 7) is 4.90. The summed E-state index contributed by atoms with van der Waals surface area (Å²) in [4.78, 5) is 2.69. The first kappa shape index (κ1) is 13.2. The molecule has 3 rings (SSSR count). The first-order chi connectivity index (χ1) is 9.31. The molecule has 2 aliphatic rings. The van der Waals surface area contributed by atoms with Crippen LogP contribution in [0.15, 0.2) is 22.8 Å². The molecule has 1 aliphatic carbocycles. The molecule has 0 spiro atoms. The second-order valence-electron chi connectivity index (χ2n) is 6.23. The van der Waals surface area contributed by atoms with Crippen molar-refractivity contribution in [2.24, 2.45) is 0 Å². The zero-order chi connectivity index (χ0) is 13.1. The zero-order valence-electron chi connectivity index (χ0n) is 12.0. The fourth-order valence-corrected chi connectivity index (χ4v) is 3.17. The number of furan rings is 1. The molecule has 0 aromatic carbocycles. The van der Waals surface area contributed by atoms with Gasteiger partial charge < -0.3 is 14.6 Å². The highest BCUT2D eigenvalue weighted by atomic mass is 16.3. The highest BCUT2D eigenvalue weighted by Gasteiger charge is 2.31. The van der Waals surface area contributed by atoms with E-state index in [1.807, 2.05) is 6.07 Å². The van der Waals surface area contributed by atoms with Crippen LogP contribution in [0.2, 0.25) is 0 Å². The molecule has 0 bridgehead atoms. The first-order valence-corrected chi connectivity index (χ1v) is 7.84. The number of piperidine rings is 1. The van der Waals surface area contributed by atoms with Crippen molar-refractivity contribution in [2.75, 3.05) is 13.1 Å². The summed E-state index contributed by atoms with van der Waals surface area (Å²) in [5, 5.41) is 3.79. The predicted molar refractivity (Wildman–Crippen MR) is 77.2 cm³/mol. The normalized spacial score (nSPS) is 23.6. The number of hydrogen-bond donors (Lipinski definition) is 1.